The molecule has 1 N–H and O–H groups in total. The molecule has 5 nitrogen and oxygen atoms in total. The molecule has 3 rings (SSSR count). The van der Waals surface area contributed by atoms with Gasteiger partial charge in [-0.15, -0.1) is 0 Å². The van der Waals surface area contributed by atoms with Crippen molar-refractivity contribution in [2.24, 2.45) is 0 Å². The van der Waals surface area contributed by atoms with E-state index in [1.54, 1.807) is 18.5 Å². The van der Waals surface area contributed by atoms with Gasteiger partial charge in [0.15, 0.2) is 0 Å². The molecule has 1 fully saturated rings. The summed E-state index contributed by atoms with van der Waals surface area (Å²) in [7, 11) is 0. The maximum absolute atomic E-state index is 8.95. The van der Waals surface area contributed by atoms with E-state index in [1.165, 1.54) is 5.69 Å². The molecule has 1 saturated heterocycles. The summed E-state index contributed by atoms with van der Waals surface area (Å²) in [5.41, 5.74) is 1.84. The molecule has 0 aromatic carbocycles. The van der Waals surface area contributed by atoms with Gasteiger partial charge < -0.3 is 4.90 Å². The van der Waals surface area contributed by atoms with Crippen molar-refractivity contribution in [1.82, 2.24) is 15.2 Å². The molecule has 0 bridgehead atoms. The number of hydrogen-bond donors (Lipinski definition) is 1. The lowest BCUT2D eigenvalue weighted by Gasteiger charge is -2.33. The minimum absolute atomic E-state index is 0.462. The number of H-pyrrole nitrogens is 1. The summed E-state index contributed by atoms with van der Waals surface area (Å²) in [4.78, 5) is 6.62. The zero-order valence-corrected chi connectivity index (χ0v) is 10.6. The second-order valence-corrected chi connectivity index (χ2v) is 4.81. The van der Waals surface area contributed by atoms with Crippen LogP contribution in [-0.2, 0) is 0 Å². The number of pyridine rings is 1. The van der Waals surface area contributed by atoms with Crippen molar-refractivity contribution in [1.29, 1.82) is 5.26 Å². The first-order chi connectivity index (χ1) is 9.36. The Balaban J connectivity index is 1.80. The number of nitriles is 1. The molecule has 1 atom stereocenters. The zero-order valence-electron chi connectivity index (χ0n) is 10.6. The van der Waals surface area contributed by atoms with E-state index in [2.05, 4.69) is 26.2 Å². The van der Waals surface area contributed by atoms with E-state index in [9.17, 15) is 0 Å². The zero-order chi connectivity index (χ0) is 13.1. The second-order valence-electron chi connectivity index (χ2n) is 4.81. The Labute approximate surface area is 111 Å². The van der Waals surface area contributed by atoms with Gasteiger partial charge in [0.2, 0.25) is 0 Å². The third-order valence-electron chi connectivity index (χ3n) is 3.58. The van der Waals surface area contributed by atoms with Crippen molar-refractivity contribution in [2.45, 2.75) is 18.8 Å². The van der Waals surface area contributed by atoms with Crippen LogP contribution in [0.1, 0.15) is 30.0 Å². The highest BCUT2D eigenvalue weighted by Crippen LogP contribution is 2.28. The van der Waals surface area contributed by atoms with Gasteiger partial charge in [0, 0.05) is 37.1 Å². The van der Waals surface area contributed by atoms with Crippen molar-refractivity contribution >= 4 is 5.82 Å². The molecule has 1 unspecified atom stereocenters. The summed E-state index contributed by atoms with van der Waals surface area (Å²) in [5, 5.41) is 16.0. The summed E-state index contributed by atoms with van der Waals surface area (Å²) in [6.45, 7) is 1.91. The average molecular weight is 253 g/mol. The molecule has 5 heteroatoms. The van der Waals surface area contributed by atoms with E-state index in [0.29, 0.717) is 11.5 Å². The smallest absolute Gasteiger partial charge is 0.129 e. The highest BCUT2D eigenvalue weighted by molar-refractivity contribution is 5.45. The lowest BCUT2D eigenvalue weighted by Crippen LogP contribution is -2.35. The third-order valence-corrected chi connectivity index (χ3v) is 3.58. The molecule has 2 aromatic rings. The van der Waals surface area contributed by atoms with Crippen LogP contribution in [-0.4, -0.2) is 28.3 Å². The molecule has 96 valence electrons. The van der Waals surface area contributed by atoms with E-state index in [0.717, 1.165) is 31.7 Å². The molecule has 0 aliphatic carbocycles. The molecule has 2 aromatic heterocycles. The summed E-state index contributed by atoms with van der Waals surface area (Å²) in [6, 6.07) is 7.79. The van der Waals surface area contributed by atoms with Gasteiger partial charge in [-0.1, -0.05) is 0 Å². The normalized spacial score (nSPS) is 19.1. The molecule has 3 heterocycles. The van der Waals surface area contributed by atoms with Crippen LogP contribution in [0.25, 0.3) is 0 Å². The standard InChI is InChI=1S/C14H15N5/c15-9-11-3-5-16-14(8-11)19-7-1-2-12(10-19)13-4-6-17-18-13/h3-6,8,12H,1-2,7,10H2,(H,17,18). The van der Waals surface area contributed by atoms with E-state index in [4.69, 9.17) is 5.26 Å². The molecular weight excluding hydrogens is 238 g/mol. The number of rotatable bonds is 2. The quantitative estimate of drug-likeness (QED) is 0.889. The number of nitrogens with zero attached hydrogens (tertiary/aromatic N) is 4. The first kappa shape index (κ1) is 11.7. The first-order valence-corrected chi connectivity index (χ1v) is 6.47. The van der Waals surface area contributed by atoms with Gasteiger partial charge in [-0.25, -0.2) is 4.98 Å². The molecule has 1 aliphatic rings. The Morgan fingerprint density at radius 2 is 2.32 bits per heavy atom. The van der Waals surface area contributed by atoms with Crippen LogP contribution in [0.3, 0.4) is 0 Å². The van der Waals surface area contributed by atoms with Crippen LogP contribution in [0.2, 0.25) is 0 Å². The van der Waals surface area contributed by atoms with Crippen molar-refractivity contribution < 1.29 is 0 Å². The predicted molar refractivity (Wildman–Crippen MR) is 71.7 cm³/mol. The van der Waals surface area contributed by atoms with E-state index in [-0.39, 0.29) is 0 Å². The van der Waals surface area contributed by atoms with Gasteiger partial charge >= 0.3 is 0 Å². The maximum atomic E-state index is 8.95. The molecule has 19 heavy (non-hydrogen) atoms. The fourth-order valence-corrected chi connectivity index (χ4v) is 2.59. The average Bonchev–Trinajstić information content (AvgIpc) is 3.02. The molecule has 1 aliphatic heterocycles. The van der Waals surface area contributed by atoms with Gasteiger partial charge in [0.25, 0.3) is 0 Å². The van der Waals surface area contributed by atoms with Gasteiger partial charge in [-0.3, -0.25) is 5.10 Å². The van der Waals surface area contributed by atoms with Gasteiger partial charge in [0.1, 0.15) is 5.82 Å². The number of aromatic nitrogens is 3. The van der Waals surface area contributed by atoms with E-state index in [1.807, 2.05) is 12.1 Å². The third kappa shape index (κ3) is 2.43. The topological polar surface area (TPSA) is 68.6 Å². The molecule has 0 spiro atoms. The second kappa shape index (κ2) is 5.11. The fraction of sp³-hybridized carbons (Fsp3) is 0.357. The number of hydrogen-bond acceptors (Lipinski definition) is 4. The van der Waals surface area contributed by atoms with E-state index < -0.39 is 0 Å². The van der Waals surface area contributed by atoms with E-state index >= 15 is 0 Å². The van der Waals surface area contributed by atoms with Crippen LogP contribution in [0.5, 0.6) is 0 Å². The van der Waals surface area contributed by atoms with Crippen molar-refractivity contribution in [3.05, 3.63) is 41.9 Å². The Morgan fingerprint density at radius 1 is 1.37 bits per heavy atom. The monoisotopic (exact) mass is 253 g/mol. The first-order valence-electron chi connectivity index (χ1n) is 6.47. The number of piperidine rings is 1. The summed E-state index contributed by atoms with van der Waals surface area (Å²) in [6.07, 6.45) is 5.79. The highest BCUT2D eigenvalue weighted by atomic mass is 15.2. The largest absolute Gasteiger partial charge is 0.356 e. The number of nitrogens with one attached hydrogen (secondary N) is 1. The molecule has 0 amide bonds. The predicted octanol–water partition coefficient (Wildman–Crippen LogP) is 2.06. The Hall–Kier alpha value is -2.35. The maximum Gasteiger partial charge on any atom is 0.129 e. The summed E-state index contributed by atoms with van der Waals surface area (Å²) < 4.78 is 0. The van der Waals surface area contributed by atoms with Crippen molar-refractivity contribution in [3.63, 3.8) is 0 Å². The minimum atomic E-state index is 0.462. The highest BCUT2D eigenvalue weighted by Gasteiger charge is 2.23. The van der Waals surface area contributed by atoms with Gasteiger partial charge in [-0.05, 0) is 31.0 Å². The molecule has 0 radical (unpaired) electrons. The van der Waals surface area contributed by atoms with Gasteiger partial charge in [-0.2, -0.15) is 10.4 Å². The number of aromatic amines is 1. The van der Waals surface area contributed by atoms with Crippen molar-refractivity contribution in [3.8, 4) is 6.07 Å². The van der Waals surface area contributed by atoms with Gasteiger partial charge in [0.05, 0.1) is 11.6 Å². The number of anilines is 1. The Bertz CT molecular complexity index is 584. The van der Waals surface area contributed by atoms with Crippen LogP contribution in [0.4, 0.5) is 5.82 Å². The van der Waals surface area contributed by atoms with Crippen LogP contribution in [0, 0.1) is 11.3 Å². The lowest BCUT2D eigenvalue weighted by atomic mass is 9.95. The summed E-state index contributed by atoms with van der Waals surface area (Å²) >= 11 is 0. The fourth-order valence-electron chi connectivity index (χ4n) is 2.59. The van der Waals surface area contributed by atoms with Crippen LogP contribution < -0.4 is 4.90 Å². The Kier molecular flexibility index (Phi) is 3.15. The lowest BCUT2D eigenvalue weighted by molar-refractivity contribution is 0.498. The minimum Gasteiger partial charge on any atom is -0.356 e. The summed E-state index contributed by atoms with van der Waals surface area (Å²) in [5.74, 6) is 1.35. The van der Waals surface area contributed by atoms with Crippen LogP contribution in [0.15, 0.2) is 30.6 Å². The Morgan fingerprint density at radius 3 is 3.11 bits per heavy atom. The SMILES string of the molecule is N#Cc1ccnc(N2CCCC(c3ccn[nH]3)C2)c1. The molecular formula is C14H15N5. The van der Waals surface area contributed by atoms with Crippen molar-refractivity contribution in [2.75, 3.05) is 18.0 Å². The molecule has 0 saturated carbocycles. The van der Waals surface area contributed by atoms with Crippen LogP contribution >= 0.6 is 0 Å².